The highest BCUT2D eigenvalue weighted by atomic mass is 19.1. The second-order valence-electron chi connectivity index (χ2n) is 4.28. The van der Waals surface area contributed by atoms with Crippen LogP contribution in [0.25, 0.3) is 11.1 Å². The Kier molecular flexibility index (Phi) is 3.75. The predicted molar refractivity (Wildman–Crippen MR) is 70.6 cm³/mol. The lowest BCUT2D eigenvalue weighted by Crippen LogP contribution is -1.98. The quantitative estimate of drug-likeness (QED) is 0.732. The second-order valence-corrected chi connectivity index (χ2v) is 4.28. The van der Waals surface area contributed by atoms with Crippen molar-refractivity contribution in [2.24, 2.45) is 0 Å². The van der Waals surface area contributed by atoms with Crippen LogP contribution in [0.2, 0.25) is 0 Å². The van der Waals surface area contributed by atoms with Crippen molar-refractivity contribution in [3.05, 3.63) is 59.2 Å². The van der Waals surface area contributed by atoms with Gasteiger partial charge in [-0.05, 0) is 47.2 Å². The average Bonchev–Trinajstić information content (AvgIpc) is 2.39. The van der Waals surface area contributed by atoms with Crippen LogP contribution in [0.3, 0.4) is 0 Å². The Balaban J connectivity index is 2.57. The van der Waals surface area contributed by atoms with Gasteiger partial charge in [0, 0.05) is 0 Å². The molecule has 2 heteroatoms. The van der Waals surface area contributed by atoms with Crippen molar-refractivity contribution in [2.45, 2.75) is 26.7 Å². The summed E-state index contributed by atoms with van der Waals surface area (Å²) in [6.45, 7) is 3.88. The molecule has 2 aromatic rings. The summed E-state index contributed by atoms with van der Waals surface area (Å²) in [6, 6.07) is 9.92. The molecule has 0 radical (unpaired) electrons. The zero-order valence-electron chi connectivity index (χ0n) is 10.6. The maximum atomic E-state index is 14.2. The number of benzene rings is 2. The Morgan fingerprint density at radius 2 is 1.50 bits per heavy atom. The van der Waals surface area contributed by atoms with Crippen LogP contribution in [-0.2, 0) is 12.8 Å². The van der Waals surface area contributed by atoms with E-state index in [1.165, 1.54) is 12.1 Å². The Bertz CT molecular complexity index is 542. The molecule has 0 aliphatic heterocycles. The Morgan fingerprint density at radius 1 is 0.833 bits per heavy atom. The van der Waals surface area contributed by atoms with Gasteiger partial charge < -0.3 is 0 Å². The van der Waals surface area contributed by atoms with Gasteiger partial charge in [-0.2, -0.15) is 0 Å². The number of halogens is 2. The van der Waals surface area contributed by atoms with Gasteiger partial charge in [0.15, 0.2) is 0 Å². The topological polar surface area (TPSA) is 0 Å². The SMILES string of the molecule is CCc1ccc(-c2ccc(F)cc2)c(CC)c1F. The number of hydrogen-bond donors (Lipinski definition) is 0. The molecule has 0 aliphatic carbocycles. The molecule has 0 bridgehead atoms. The highest BCUT2D eigenvalue weighted by Gasteiger charge is 2.12. The summed E-state index contributed by atoms with van der Waals surface area (Å²) in [6.07, 6.45) is 1.31. The van der Waals surface area contributed by atoms with Gasteiger partial charge in [-0.15, -0.1) is 0 Å². The largest absolute Gasteiger partial charge is 0.207 e. The first kappa shape index (κ1) is 12.7. The lowest BCUT2D eigenvalue weighted by molar-refractivity contribution is 0.598. The van der Waals surface area contributed by atoms with Crippen molar-refractivity contribution in [3.8, 4) is 11.1 Å². The summed E-state index contributed by atoms with van der Waals surface area (Å²) < 4.78 is 27.1. The molecule has 0 N–H and O–H groups in total. The molecule has 0 aromatic heterocycles. The molecule has 0 spiro atoms. The van der Waals surface area contributed by atoms with Crippen LogP contribution < -0.4 is 0 Å². The van der Waals surface area contributed by atoms with Crippen molar-refractivity contribution in [1.29, 1.82) is 0 Å². The second kappa shape index (κ2) is 5.30. The van der Waals surface area contributed by atoms with Crippen molar-refractivity contribution in [1.82, 2.24) is 0 Å². The molecular weight excluding hydrogens is 230 g/mol. The average molecular weight is 246 g/mol. The fraction of sp³-hybridized carbons (Fsp3) is 0.250. The van der Waals surface area contributed by atoms with E-state index < -0.39 is 0 Å². The molecule has 0 unspecified atom stereocenters. The predicted octanol–water partition coefficient (Wildman–Crippen LogP) is 4.76. The van der Waals surface area contributed by atoms with E-state index in [2.05, 4.69) is 0 Å². The van der Waals surface area contributed by atoms with Crippen LogP contribution in [0.15, 0.2) is 36.4 Å². The molecule has 0 saturated carbocycles. The summed E-state index contributed by atoms with van der Waals surface area (Å²) in [5.74, 6) is -0.399. The van der Waals surface area contributed by atoms with Gasteiger partial charge in [0.2, 0.25) is 0 Å². The van der Waals surface area contributed by atoms with Gasteiger partial charge >= 0.3 is 0 Å². The smallest absolute Gasteiger partial charge is 0.130 e. The molecule has 0 nitrogen and oxygen atoms in total. The first-order valence-electron chi connectivity index (χ1n) is 6.23. The highest BCUT2D eigenvalue weighted by Crippen LogP contribution is 2.28. The van der Waals surface area contributed by atoms with E-state index in [9.17, 15) is 8.78 Å². The summed E-state index contributed by atoms with van der Waals surface area (Å²) >= 11 is 0. The van der Waals surface area contributed by atoms with Crippen molar-refractivity contribution >= 4 is 0 Å². The standard InChI is InChI=1S/C16H16F2/c1-3-11-7-10-15(14(4-2)16(11)18)12-5-8-13(17)9-6-12/h5-10H,3-4H2,1-2H3. The third-order valence-corrected chi connectivity index (χ3v) is 3.21. The van der Waals surface area contributed by atoms with E-state index >= 15 is 0 Å². The summed E-state index contributed by atoms with van der Waals surface area (Å²) in [5, 5.41) is 0. The van der Waals surface area contributed by atoms with Crippen LogP contribution in [0.4, 0.5) is 8.78 Å². The van der Waals surface area contributed by atoms with Crippen LogP contribution >= 0.6 is 0 Å². The van der Waals surface area contributed by atoms with E-state index in [4.69, 9.17) is 0 Å². The van der Waals surface area contributed by atoms with Crippen LogP contribution in [0, 0.1) is 11.6 Å². The molecule has 0 aliphatic rings. The van der Waals surface area contributed by atoms with Crippen LogP contribution in [0.1, 0.15) is 25.0 Å². The summed E-state index contributed by atoms with van der Waals surface area (Å²) in [5.41, 5.74) is 3.15. The molecule has 94 valence electrons. The third-order valence-electron chi connectivity index (χ3n) is 3.21. The molecule has 2 rings (SSSR count). The van der Waals surface area contributed by atoms with Crippen molar-refractivity contribution < 1.29 is 8.78 Å². The minimum Gasteiger partial charge on any atom is -0.207 e. The van der Waals surface area contributed by atoms with Gasteiger partial charge in [-0.3, -0.25) is 0 Å². The van der Waals surface area contributed by atoms with E-state index in [1.807, 2.05) is 26.0 Å². The van der Waals surface area contributed by atoms with Gasteiger partial charge in [-0.1, -0.05) is 38.1 Å². The molecule has 0 fully saturated rings. The van der Waals surface area contributed by atoms with Crippen molar-refractivity contribution in [2.75, 3.05) is 0 Å². The molecule has 18 heavy (non-hydrogen) atoms. The number of aryl methyl sites for hydroxylation is 1. The first-order chi connectivity index (χ1) is 8.67. The maximum absolute atomic E-state index is 14.2. The van der Waals surface area contributed by atoms with E-state index in [0.717, 1.165) is 16.7 Å². The first-order valence-corrected chi connectivity index (χ1v) is 6.23. The summed E-state index contributed by atoms with van der Waals surface area (Å²) in [7, 11) is 0. The normalized spacial score (nSPS) is 10.7. The van der Waals surface area contributed by atoms with E-state index in [-0.39, 0.29) is 11.6 Å². The number of hydrogen-bond acceptors (Lipinski definition) is 0. The molecule has 0 atom stereocenters. The fourth-order valence-electron chi connectivity index (χ4n) is 2.19. The van der Waals surface area contributed by atoms with Gasteiger partial charge in [0.25, 0.3) is 0 Å². The number of rotatable bonds is 3. The van der Waals surface area contributed by atoms with Crippen LogP contribution in [-0.4, -0.2) is 0 Å². The van der Waals surface area contributed by atoms with E-state index in [0.29, 0.717) is 18.4 Å². The molecule has 0 saturated heterocycles. The maximum Gasteiger partial charge on any atom is 0.130 e. The summed E-state index contributed by atoms with van der Waals surface area (Å²) in [4.78, 5) is 0. The van der Waals surface area contributed by atoms with Crippen molar-refractivity contribution in [3.63, 3.8) is 0 Å². The Labute approximate surface area is 106 Å². The third kappa shape index (κ3) is 2.28. The zero-order valence-corrected chi connectivity index (χ0v) is 10.6. The Morgan fingerprint density at radius 3 is 2.06 bits per heavy atom. The van der Waals surface area contributed by atoms with Gasteiger partial charge in [-0.25, -0.2) is 8.78 Å². The fourth-order valence-corrected chi connectivity index (χ4v) is 2.19. The van der Waals surface area contributed by atoms with Crippen LogP contribution in [0.5, 0.6) is 0 Å². The minimum atomic E-state index is -0.276. The minimum absolute atomic E-state index is 0.123. The van der Waals surface area contributed by atoms with Gasteiger partial charge in [0.05, 0.1) is 0 Å². The molecule has 0 heterocycles. The Hall–Kier alpha value is -1.70. The van der Waals surface area contributed by atoms with E-state index in [1.54, 1.807) is 12.1 Å². The highest BCUT2D eigenvalue weighted by molar-refractivity contribution is 5.68. The lowest BCUT2D eigenvalue weighted by atomic mass is 9.94. The monoisotopic (exact) mass is 246 g/mol. The molecule has 2 aromatic carbocycles. The molecular formula is C16H16F2. The lowest BCUT2D eigenvalue weighted by Gasteiger charge is -2.12. The molecule has 0 amide bonds. The zero-order chi connectivity index (χ0) is 13.1. The van der Waals surface area contributed by atoms with Gasteiger partial charge in [0.1, 0.15) is 11.6 Å².